The lowest BCUT2D eigenvalue weighted by atomic mass is 10.1. The van der Waals surface area contributed by atoms with Crippen molar-refractivity contribution in [3.05, 3.63) is 18.0 Å². The Morgan fingerprint density at radius 1 is 0.870 bits per heavy atom. The smallest absolute Gasteiger partial charge is 0.231 e. The zero-order valence-corrected chi connectivity index (χ0v) is 14.1. The molecule has 0 amide bonds. The number of hydrogen-bond acceptors (Lipinski definition) is 4. The monoisotopic (exact) mass is 317 g/mol. The highest BCUT2D eigenvalue weighted by molar-refractivity contribution is 5.78. The molecule has 1 aromatic heterocycles. The lowest BCUT2D eigenvalue weighted by molar-refractivity contribution is 0.174. The maximum absolute atomic E-state index is 5.82. The van der Waals surface area contributed by atoms with E-state index in [1.54, 1.807) is 0 Å². The number of aryl methyl sites for hydroxylation is 1. The quantitative estimate of drug-likeness (QED) is 0.533. The maximum atomic E-state index is 5.82. The van der Waals surface area contributed by atoms with Gasteiger partial charge < -0.3 is 13.9 Å². The summed E-state index contributed by atoms with van der Waals surface area (Å²) >= 11 is 0. The van der Waals surface area contributed by atoms with Crippen LogP contribution in [0.15, 0.2) is 16.5 Å². The van der Waals surface area contributed by atoms with Crippen molar-refractivity contribution < 1.29 is 13.9 Å². The molecule has 0 bridgehead atoms. The Bertz CT molecular complexity index is 579. The zero-order chi connectivity index (χ0) is 15.9. The van der Waals surface area contributed by atoms with Gasteiger partial charge in [0.15, 0.2) is 23.0 Å². The van der Waals surface area contributed by atoms with Crippen LogP contribution in [-0.4, -0.2) is 11.8 Å². The standard InChI is InChI=1S/C19H27NO3/c1-2-3-4-5-6-7-8-9-10-11-19-20-15-12-17-18(22-14-21-17)13-16(15)23-19/h12-13H,2-11,14H2,1H3. The van der Waals surface area contributed by atoms with Crippen molar-refractivity contribution in [2.45, 2.75) is 71.1 Å². The van der Waals surface area contributed by atoms with Crippen LogP contribution in [-0.2, 0) is 6.42 Å². The Morgan fingerprint density at radius 3 is 2.26 bits per heavy atom. The lowest BCUT2D eigenvalue weighted by Gasteiger charge is -2.00. The van der Waals surface area contributed by atoms with E-state index in [1.165, 1.54) is 51.4 Å². The van der Waals surface area contributed by atoms with Crippen LogP contribution < -0.4 is 9.47 Å². The van der Waals surface area contributed by atoms with Crippen molar-refractivity contribution in [3.63, 3.8) is 0 Å². The van der Waals surface area contributed by atoms with Crippen molar-refractivity contribution in [1.82, 2.24) is 4.98 Å². The molecule has 0 spiro atoms. The summed E-state index contributed by atoms with van der Waals surface area (Å²) in [4.78, 5) is 4.56. The fourth-order valence-electron chi connectivity index (χ4n) is 3.06. The molecule has 1 aliphatic heterocycles. The van der Waals surface area contributed by atoms with Gasteiger partial charge in [0.2, 0.25) is 6.79 Å². The van der Waals surface area contributed by atoms with E-state index in [1.807, 2.05) is 12.1 Å². The Labute approximate surface area is 138 Å². The molecule has 0 saturated carbocycles. The highest BCUT2D eigenvalue weighted by atomic mass is 16.7. The number of aromatic nitrogens is 1. The molecule has 0 N–H and O–H groups in total. The van der Waals surface area contributed by atoms with Gasteiger partial charge in [-0.2, -0.15) is 0 Å². The highest BCUT2D eigenvalue weighted by Gasteiger charge is 2.17. The number of benzene rings is 1. The summed E-state index contributed by atoms with van der Waals surface area (Å²) in [6.45, 7) is 2.55. The zero-order valence-electron chi connectivity index (χ0n) is 14.1. The summed E-state index contributed by atoms with van der Waals surface area (Å²) in [5.41, 5.74) is 1.65. The van der Waals surface area contributed by atoms with E-state index in [0.29, 0.717) is 0 Å². The second kappa shape index (κ2) is 8.23. The van der Waals surface area contributed by atoms with Gasteiger partial charge in [-0.05, 0) is 6.42 Å². The van der Waals surface area contributed by atoms with E-state index >= 15 is 0 Å². The van der Waals surface area contributed by atoms with E-state index < -0.39 is 0 Å². The number of oxazole rings is 1. The SMILES string of the molecule is CCCCCCCCCCCc1nc2cc3c(cc2o1)OCO3. The third-order valence-electron chi connectivity index (χ3n) is 4.42. The first-order chi connectivity index (χ1) is 11.4. The van der Waals surface area contributed by atoms with Crippen molar-refractivity contribution in [2.24, 2.45) is 0 Å². The maximum Gasteiger partial charge on any atom is 0.231 e. The molecule has 0 fully saturated rings. The van der Waals surface area contributed by atoms with Crippen molar-refractivity contribution in [2.75, 3.05) is 6.79 Å². The van der Waals surface area contributed by atoms with Crippen LogP contribution in [0.25, 0.3) is 11.1 Å². The fraction of sp³-hybridized carbons (Fsp3) is 0.632. The number of rotatable bonds is 10. The molecule has 23 heavy (non-hydrogen) atoms. The van der Waals surface area contributed by atoms with Crippen molar-refractivity contribution >= 4 is 11.1 Å². The van der Waals surface area contributed by atoms with E-state index in [0.717, 1.165) is 41.3 Å². The predicted octanol–water partition coefficient (Wildman–Crippen LogP) is 5.63. The first-order valence-corrected chi connectivity index (χ1v) is 9.06. The second-order valence-corrected chi connectivity index (χ2v) is 6.36. The minimum atomic E-state index is 0.285. The molecular weight excluding hydrogens is 290 g/mol. The molecular formula is C19H27NO3. The molecule has 0 atom stereocenters. The predicted molar refractivity (Wildman–Crippen MR) is 91.1 cm³/mol. The van der Waals surface area contributed by atoms with E-state index in [4.69, 9.17) is 13.9 Å². The van der Waals surface area contributed by atoms with E-state index in [9.17, 15) is 0 Å². The third kappa shape index (κ3) is 4.40. The Kier molecular flexibility index (Phi) is 5.78. The number of ether oxygens (including phenoxy) is 2. The Morgan fingerprint density at radius 2 is 1.52 bits per heavy atom. The van der Waals surface area contributed by atoms with Gasteiger partial charge >= 0.3 is 0 Å². The van der Waals surface area contributed by atoms with Gasteiger partial charge in [0.1, 0.15) is 5.52 Å². The average Bonchev–Trinajstić information content (AvgIpc) is 3.16. The topological polar surface area (TPSA) is 44.5 Å². The second-order valence-electron chi connectivity index (χ2n) is 6.36. The van der Waals surface area contributed by atoms with Crippen LogP contribution in [0.2, 0.25) is 0 Å². The van der Waals surface area contributed by atoms with Crippen LogP contribution in [0.4, 0.5) is 0 Å². The van der Waals surface area contributed by atoms with Gasteiger partial charge in [0.05, 0.1) is 0 Å². The molecule has 4 heteroatoms. The van der Waals surface area contributed by atoms with Crippen LogP contribution in [0.5, 0.6) is 11.5 Å². The van der Waals surface area contributed by atoms with Gasteiger partial charge in [-0.1, -0.05) is 58.3 Å². The fourth-order valence-corrected chi connectivity index (χ4v) is 3.06. The summed E-state index contributed by atoms with van der Waals surface area (Å²) in [6.07, 6.45) is 12.9. The molecule has 1 aliphatic rings. The van der Waals surface area contributed by atoms with Crippen LogP contribution in [0, 0.1) is 0 Å². The molecule has 0 aliphatic carbocycles. The minimum absolute atomic E-state index is 0.285. The van der Waals surface area contributed by atoms with E-state index in [2.05, 4.69) is 11.9 Å². The summed E-state index contributed by atoms with van der Waals surface area (Å²) < 4.78 is 16.6. The minimum Gasteiger partial charge on any atom is -0.454 e. The average molecular weight is 317 g/mol. The first kappa shape index (κ1) is 16.2. The van der Waals surface area contributed by atoms with Gasteiger partial charge in [0, 0.05) is 18.6 Å². The number of hydrogen-bond donors (Lipinski definition) is 0. The summed E-state index contributed by atoms with van der Waals surface area (Å²) in [5, 5.41) is 0. The first-order valence-electron chi connectivity index (χ1n) is 9.06. The van der Waals surface area contributed by atoms with Gasteiger partial charge in [-0.25, -0.2) is 4.98 Å². The molecule has 1 aromatic carbocycles. The molecule has 0 radical (unpaired) electrons. The van der Waals surface area contributed by atoms with Crippen LogP contribution in [0.1, 0.15) is 70.6 Å². The van der Waals surface area contributed by atoms with Gasteiger partial charge in [-0.3, -0.25) is 0 Å². The lowest BCUT2D eigenvalue weighted by Crippen LogP contribution is -1.92. The number of unbranched alkanes of at least 4 members (excludes halogenated alkanes) is 8. The molecule has 3 rings (SSSR count). The summed E-state index contributed by atoms with van der Waals surface area (Å²) in [7, 11) is 0. The number of nitrogens with zero attached hydrogens (tertiary/aromatic N) is 1. The molecule has 4 nitrogen and oxygen atoms in total. The number of fused-ring (bicyclic) bond motifs is 2. The van der Waals surface area contributed by atoms with E-state index in [-0.39, 0.29) is 6.79 Å². The normalized spacial score (nSPS) is 13.1. The van der Waals surface area contributed by atoms with Gasteiger partial charge in [-0.15, -0.1) is 0 Å². The summed E-state index contributed by atoms with van der Waals surface area (Å²) in [6, 6.07) is 3.78. The molecule has 2 aromatic rings. The van der Waals surface area contributed by atoms with Crippen LogP contribution in [0.3, 0.4) is 0 Å². The summed E-state index contributed by atoms with van der Waals surface area (Å²) in [5.74, 6) is 2.34. The highest BCUT2D eigenvalue weighted by Crippen LogP contribution is 2.36. The molecule has 0 unspecified atom stereocenters. The van der Waals surface area contributed by atoms with Crippen molar-refractivity contribution in [1.29, 1.82) is 0 Å². The largest absolute Gasteiger partial charge is 0.454 e. The third-order valence-corrected chi connectivity index (χ3v) is 4.42. The van der Waals surface area contributed by atoms with Gasteiger partial charge in [0.25, 0.3) is 0 Å². The molecule has 2 heterocycles. The van der Waals surface area contributed by atoms with Crippen LogP contribution >= 0.6 is 0 Å². The Hall–Kier alpha value is -1.71. The molecule has 0 saturated heterocycles. The van der Waals surface area contributed by atoms with Crippen molar-refractivity contribution in [3.8, 4) is 11.5 Å². The molecule has 126 valence electrons. The Balaban J connectivity index is 1.37.